The number of allylic oxidation sites excluding steroid dienone is 1. The maximum Gasteiger partial charge on any atom is 0.248 e. The first-order valence-corrected chi connectivity index (χ1v) is 11.9. The van der Waals surface area contributed by atoms with Crippen LogP contribution < -0.4 is 14.8 Å². The van der Waals surface area contributed by atoms with Crippen LogP contribution in [0.4, 0.5) is 5.69 Å². The van der Waals surface area contributed by atoms with Crippen molar-refractivity contribution < 1.29 is 18.7 Å². The van der Waals surface area contributed by atoms with E-state index in [0.717, 1.165) is 38.6 Å². The number of carbonyl (C=O) groups excluding carboxylic acids is 1. The van der Waals surface area contributed by atoms with Crippen LogP contribution in [0, 0.1) is 0 Å². The zero-order chi connectivity index (χ0) is 25.1. The van der Waals surface area contributed by atoms with E-state index in [0.29, 0.717) is 23.8 Å². The van der Waals surface area contributed by atoms with Crippen molar-refractivity contribution >= 4 is 38.9 Å². The van der Waals surface area contributed by atoms with Crippen molar-refractivity contribution in [2.75, 3.05) is 19.0 Å². The predicted octanol–water partition coefficient (Wildman–Crippen LogP) is 7.70. The summed E-state index contributed by atoms with van der Waals surface area (Å²) >= 11 is 0. The molecule has 1 N–H and O–H groups in total. The molecule has 0 saturated carbocycles. The Morgan fingerprint density at radius 1 is 0.944 bits per heavy atom. The first-order valence-electron chi connectivity index (χ1n) is 11.9. The molecule has 0 aliphatic carbocycles. The SMILES string of the molecule is CCOc1ccccc1NC(=O)/C=C(\C)c1cc2c(-c3ccc4ccccc4c3)coc2cc1OC. The minimum atomic E-state index is -0.247. The van der Waals surface area contributed by atoms with E-state index in [4.69, 9.17) is 13.9 Å². The molecule has 0 unspecified atom stereocenters. The molecule has 0 fully saturated rings. The van der Waals surface area contributed by atoms with E-state index < -0.39 is 0 Å². The highest BCUT2D eigenvalue weighted by Gasteiger charge is 2.16. The minimum absolute atomic E-state index is 0.247. The van der Waals surface area contributed by atoms with E-state index in [-0.39, 0.29) is 5.91 Å². The average molecular weight is 478 g/mol. The lowest BCUT2D eigenvalue weighted by Crippen LogP contribution is -2.10. The fourth-order valence-corrected chi connectivity index (χ4v) is 4.41. The lowest BCUT2D eigenvalue weighted by Gasteiger charge is -2.12. The molecule has 180 valence electrons. The maximum atomic E-state index is 12.9. The first kappa shape index (κ1) is 23.2. The number of methoxy groups -OCH3 is 1. The normalized spacial score (nSPS) is 11.6. The number of nitrogens with one attached hydrogen (secondary N) is 1. The second-order valence-electron chi connectivity index (χ2n) is 8.51. The van der Waals surface area contributed by atoms with Gasteiger partial charge in [-0.3, -0.25) is 4.79 Å². The van der Waals surface area contributed by atoms with Gasteiger partial charge >= 0.3 is 0 Å². The molecular weight excluding hydrogens is 450 g/mol. The predicted molar refractivity (Wildman–Crippen MR) is 146 cm³/mol. The summed E-state index contributed by atoms with van der Waals surface area (Å²) in [5.74, 6) is 1.03. The number of carbonyl (C=O) groups is 1. The summed E-state index contributed by atoms with van der Waals surface area (Å²) in [7, 11) is 1.61. The number of ether oxygens (including phenoxy) is 2. The quantitative estimate of drug-likeness (QED) is 0.244. The van der Waals surface area contributed by atoms with Gasteiger partial charge in [0.05, 0.1) is 25.7 Å². The molecular formula is C31H27NO4. The van der Waals surface area contributed by atoms with E-state index in [1.807, 2.05) is 62.4 Å². The third-order valence-electron chi connectivity index (χ3n) is 6.17. The Morgan fingerprint density at radius 3 is 2.53 bits per heavy atom. The fourth-order valence-electron chi connectivity index (χ4n) is 4.41. The number of furan rings is 1. The van der Waals surface area contributed by atoms with Crippen molar-refractivity contribution in [3.8, 4) is 22.6 Å². The standard InChI is InChI=1S/C31H27NO4/c1-4-35-28-12-8-7-11-27(28)32-31(33)15-20(2)24-17-25-26(19-36-30(25)18-29(24)34-3)23-14-13-21-9-5-6-10-22(21)16-23/h5-19H,4H2,1-3H3,(H,32,33)/b20-15+. The van der Waals surface area contributed by atoms with Crippen molar-refractivity contribution in [1.29, 1.82) is 0 Å². The smallest absolute Gasteiger partial charge is 0.248 e. The van der Waals surface area contributed by atoms with E-state index in [2.05, 4.69) is 35.6 Å². The Labute approximate surface area is 210 Å². The molecule has 5 heteroatoms. The van der Waals surface area contributed by atoms with E-state index >= 15 is 0 Å². The van der Waals surface area contributed by atoms with Crippen LogP contribution in [0.1, 0.15) is 19.4 Å². The Kier molecular flexibility index (Phi) is 6.46. The van der Waals surface area contributed by atoms with Gasteiger partial charge in [0.25, 0.3) is 0 Å². The van der Waals surface area contributed by atoms with Gasteiger partial charge in [-0.15, -0.1) is 0 Å². The molecule has 5 nitrogen and oxygen atoms in total. The van der Waals surface area contributed by atoms with Gasteiger partial charge in [0.2, 0.25) is 5.91 Å². The van der Waals surface area contributed by atoms with E-state index in [1.165, 1.54) is 5.39 Å². The van der Waals surface area contributed by atoms with Crippen LogP contribution in [0.5, 0.6) is 11.5 Å². The lowest BCUT2D eigenvalue weighted by atomic mass is 9.97. The fraction of sp³-hybridized carbons (Fsp3) is 0.129. The van der Waals surface area contributed by atoms with Crippen LogP contribution in [0.25, 0.3) is 38.4 Å². The van der Waals surface area contributed by atoms with Crippen LogP contribution >= 0.6 is 0 Å². The molecule has 0 radical (unpaired) electrons. The summed E-state index contributed by atoms with van der Waals surface area (Å²) in [5.41, 5.74) is 5.00. The highest BCUT2D eigenvalue weighted by Crippen LogP contribution is 2.38. The molecule has 0 spiro atoms. The topological polar surface area (TPSA) is 60.7 Å². The van der Waals surface area contributed by atoms with Gasteiger partial charge in [0.1, 0.15) is 17.1 Å². The van der Waals surface area contributed by atoms with Gasteiger partial charge in [0, 0.05) is 28.7 Å². The van der Waals surface area contributed by atoms with Gasteiger partial charge < -0.3 is 19.2 Å². The Bertz CT molecular complexity index is 1600. The van der Waals surface area contributed by atoms with Crippen molar-refractivity contribution in [2.24, 2.45) is 0 Å². The van der Waals surface area contributed by atoms with Crippen LogP contribution in [-0.4, -0.2) is 19.6 Å². The Balaban J connectivity index is 1.51. The molecule has 36 heavy (non-hydrogen) atoms. The molecule has 4 aromatic carbocycles. The highest BCUT2D eigenvalue weighted by atomic mass is 16.5. The first-order chi connectivity index (χ1) is 17.6. The number of hydrogen-bond donors (Lipinski definition) is 1. The molecule has 1 amide bonds. The van der Waals surface area contributed by atoms with Gasteiger partial charge in [-0.1, -0.05) is 48.5 Å². The zero-order valence-electron chi connectivity index (χ0n) is 20.5. The summed E-state index contributed by atoms with van der Waals surface area (Å²) in [5, 5.41) is 6.23. The summed E-state index contributed by atoms with van der Waals surface area (Å²) in [6.45, 7) is 4.32. The summed E-state index contributed by atoms with van der Waals surface area (Å²) in [4.78, 5) is 12.9. The van der Waals surface area contributed by atoms with Crippen molar-refractivity contribution in [3.63, 3.8) is 0 Å². The van der Waals surface area contributed by atoms with Gasteiger partial charge in [-0.25, -0.2) is 0 Å². The van der Waals surface area contributed by atoms with E-state index in [9.17, 15) is 4.79 Å². The number of hydrogen-bond acceptors (Lipinski definition) is 4. The number of benzene rings is 4. The molecule has 0 atom stereocenters. The van der Waals surface area contributed by atoms with Crippen LogP contribution in [0.3, 0.4) is 0 Å². The largest absolute Gasteiger partial charge is 0.496 e. The number of anilines is 1. The van der Waals surface area contributed by atoms with Gasteiger partial charge in [-0.05, 0) is 60.0 Å². The molecule has 0 aliphatic heterocycles. The second kappa shape index (κ2) is 10.0. The molecule has 0 bridgehead atoms. The van der Waals surface area contributed by atoms with Crippen molar-refractivity contribution in [1.82, 2.24) is 0 Å². The Morgan fingerprint density at radius 2 is 1.72 bits per heavy atom. The molecule has 5 aromatic rings. The Hall–Kier alpha value is -4.51. The van der Waals surface area contributed by atoms with Gasteiger partial charge in [0.15, 0.2) is 0 Å². The lowest BCUT2D eigenvalue weighted by molar-refractivity contribution is -0.111. The van der Waals surface area contributed by atoms with Crippen LogP contribution in [0.15, 0.2) is 95.6 Å². The maximum absolute atomic E-state index is 12.9. The van der Waals surface area contributed by atoms with Gasteiger partial charge in [-0.2, -0.15) is 0 Å². The van der Waals surface area contributed by atoms with Crippen molar-refractivity contribution in [2.45, 2.75) is 13.8 Å². The zero-order valence-corrected chi connectivity index (χ0v) is 20.5. The third kappa shape index (κ3) is 4.56. The average Bonchev–Trinajstić information content (AvgIpc) is 3.31. The summed E-state index contributed by atoms with van der Waals surface area (Å²) < 4.78 is 17.2. The number of amides is 1. The molecule has 5 rings (SSSR count). The third-order valence-corrected chi connectivity index (χ3v) is 6.17. The summed E-state index contributed by atoms with van der Waals surface area (Å²) in [6.07, 6.45) is 3.34. The van der Waals surface area contributed by atoms with Crippen LogP contribution in [0.2, 0.25) is 0 Å². The van der Waals surface area contributed by atoms with Crippen LogP contribution in [-0.2, 0) is 4.79 Å². The highest BCUT2D eigenvalue weighted by molar-refractivity contribution is 6.06. The molecule has 1 heterocycles. The molecule has 1 aromatic heterocycles. The number of fused-ring (bicyclic) bond motifs is 2. The summed E-state index contributed by atoms with van der Waals surface area (Å²) in [6, 6.07) is 25.9. The van der Waals surface area contributed by atoms with Crippen molar-refractivity contribution in [3.05, 3.63) is 96.8 Å². The molecule has 0 aliphatic rings. The molecule has 0 saturated heterocycles. The second-order valence-corrected chi connectivity index (χ2v) is 8.51. The minimum Gasteiger partial charge on any atom is -0.496 e. The number of para-hydroxylation sites is 2. The monoisotopic (exact) mass is 477 g/mol. The van der Waals surface area contributed by atoms with E-state index in [1.54, 1.807) is 19.4 Å². The number of rotatable bonds is 7.